The number of aromatic nitrogens is 4. The molecule has 0 aliphatic carbocycles. The van der Waals surface area contributed by atoms with Crippen LogP contribution in [0.25, 0.3) is 4.96 Å². The minimum atomic E-state index is -0.0884. The molecule has 1 atom stereocenters. The first-order chi connectivity index (χ1) is 10.3. The predicted molar refractivity (Wildman–Crippen MR) is 79.5 cm³/mol. The van der Waals surface area contributed by atoms with Gasteiger partial charge in [-0.3, -0.25) is 0 Å². The topological polar surface area (TPSA) is 61.5 Å². The number of nitrogens with zero attached hydrogens (tertiary/aromatic N) is 4. The molecule has 3 aromatic rings. The molecule has 0 spiro atoms. The lowest BCUT2D eigenvalue weighted by Gasteiger charge is -2.14. The van der Waals surface area contributed by atoms with Crippen LogP contribution in [0.3, 0.4) is 0 Å². The third kappa shape index (κ3) is 2.88. The van der Waals surface area contributed by atoms with E-state index >= 15 is 0 Å². The fourth-order valence-electron chi connectivity index (χ4n) is 1.99. The molecule has 110 valence electrons. The first-order valence-electron chi connectivity index (χ1n) is 6.73. The first kappa shape index (κ1) is 14.0. The van der Waals surface area contributed by atoms with E-state index in [9.17, 15) is 0 Å². The second kappa shape index (κ2) is 6.19. The zero-order valence-electron chi connectivity index (χ0n) is 11.9. The smallest absolute Gasteiger partial charge is 0.234 e. The van der Waals surface area contributed by atoms with Crippen molar-refractivity contribution in [3.8, 4) is 5.75 Å². The molecule has 0 bridgehead atoms. The van der Waals surface area contributed by atoms with Crippen molar-refractivity contribution >= 4 is 16.3 Å². The lowest BCUT2D eigenvalue weighted by Crippen LogP contribution is -2.07. The Balaban J connectivity index is 1.86. The van der Waals surface area contributed by atoms with Gasteiger partial charge in [-0.2, -0.15) is 9.61 Å². The van der Waals surface area contributed by atoms with E-state index in [1.807, 2.05) is 30.3 Å². The van der Waals surface area contributed by atoms with Gasteiger partial charge >= 0.3 is 0 Å². The molecule has 0 amide bonds. The summed E-state index contributed by atoms with van der Waals surface area (Å²) in [4.78, 5) is 0.757. The Morgan fingerprint density at radius 2 is 2.05 bits per heavy atom. The van der Waals surface area contributed by atoms with Crippen LogP contribution in [-0.4, -0.2) is 26.9 Å². The van der Waals surface area contributed by atoms with Crippen molar-refractivity contribution in [3.63, 3.8) is 0 Å². The molecule has 0 saturated heterocycles. The summed E-state index contributed by atoms with van der Waals surface area (Å²) in [5.74, 6) is 1.54. The number of benzene rings is 1. The number of fused-ring (bicyclic) bond motifs is 1. The molecule has 21 heavy (non-hydrogen) atoms. The predicted octanol–water partition coefficient (Wildman–Crippen LogP) is 2.86. The summed E-state index contributed by atoms with van der Waals surface area (Å²) in [5.41, 5.74) is 0. The van der Waals surface area contributed by atoms with E-state index < -0.39 is 0 Å². The van der Waals surface area contributed by atoms with Crippen LogP contribution in [0.2, 0.25) is 0 Å². The van der Waals surface area contributed by atoms with Crippen LogP contribution < -0.4 is 4.74 Å². The van der Waals surface area contributed by atoms with Crippen LogP contribution in [0, 0.1) is 0 Å². The van der Waals surface area contributed by atoms with Crippen molar-refractivity contribution < 1.29 is 9.47 Å². The van der Waals surface area contributed by atoms with E-state index in [1.54, 1.807) is 11.6 Å². The number of para-hydroxylation sites is 1. The number of rotatable bonds is 6. The van der Waals surface area contributed by atoms with Gasteiger partial charge in [-0.25, -0.2) is 0 Å². The Morgan fingerprint density at radius 1 is 1.24 bits per heavy atom. The summed E-state index contributed by atoms with van der Waals surface area (Å²) in [7, 11) is 1.63. The van der Waals surface area contributed by atoms with Gasteiger partial charge in [-0.05, 0) is 18.6 Å². The quantitative estimate of drug-likeness (QED) is 0.701. The summed E-state index contributed by atoms with van der Waals surface area (Å²) in [6.45, 7) is 2.47. The van der Waals surface area contributed by atoms with Crippen molar-refractivity contribution in [1.82, 2.24) is 19.8 Å². The fraction of sp³-hybridized carbons (Fsp3) is 0.357. The number of ether oxygens (including phenoxy) is 2. The lowest BCUT2D eigenvalue weighted by molar-refractivity contribution is 0.175. The lowest BCUT2D eigenvalue weighted by atomic mass is 10.3. The molecule has 0 unspecified atom stereocenters. The van der Waals surface area contributed by atoms with Crippen molar-refractivity contribution in [1.29, 1.82) is 0 Å². The van der Waals surface area contributed by atoms with Crippen molar-refractivity contribution in [2.45, 2.75) is 26.1 Å². The Bertz CT molecular complexity index is 710. The number of hydrogen-bond acceptors (Lipinski definition) is 6. The molecule has 2 heterocycles. The standard InChI is InChI=1S/C14H16N4O2S/c1-3-11(20-10-7-5-4-6-8-10)13-17-18-12(9-19-2)15-16-14(18)21-13/h4-8,11H,3,9H2,1-2H3/t11-/m0/s1. The Labute approximate surface area is 126 Å². The van der Waals surface area contributed by atoms with Gasteiger partial charge in [0.05, 0.1) is 0 Å². The average molecular weight is 304 g/mol. The third-order valence-corrected chi connectivity index (χ3v) is 4.00. The van der Waals surface area contributed by atoms with Crippen molar-refractivity contribution in [2.24, 2.45) is 0 Å². The van der Waals surface area contributed by atoms with Crippen LogP contribution in [-0.2, 0) is 11.3 Å². The second-order valence-electron chi connectivity index (χ2n) is 4.51. The van der Waals surface area contributed by atoms with Crippen molar-refractivity contribution in [2.75, 3.05) is 7.11 Å². The van der Waals surface area contributed by atoms with E-state index in [4.69, 9.17) is 9.47 Å². The summed E-state index contributed by atoms with van der Waals surface area (Å²) in [6, 6.07) is 9.77. The molecule has 0 aliphatic heterocycles. The van der Waals surface area contributed by atoms with Gasteiger partial charge < -0.3 is 9.47 Å². The normalized spacial score (nSPS) is 12.7. The maximum Gasteiger partial charge on any atom is 0.234 e. The molecule has 0 radical (unpaired) electrons. The van der Waals surface area contributed by atoms with Gasteiger partial charge in [0.25, 0.3) is 0 Å². The summed E-state index contributed by atoms with van der Waals surface area (Å²) < 4.78 is 12.8. The fourth-order valence-corrected chi connectivity index (χ4v) is 2.96. The van der Waals surface area contributed by atoms with Crippen LogP contribution >= 0.6 is 11.3 Å². The SMILES string of the molecule is CC[C@H](Oc1ccccc1)c1nn2c(COC)nnc2s1. The Kier molecular flexibility index (Phi) is 4.12. The largest absolute Gasteiger partial charge is 0.483 e. The number of methoxy groups -OCH3 is 1. The highest BCUT2D eigenvalue weighted by Crippen LogP contribution is 2.28. The highest BCUT2D eigenvalue weighted by molar-refractivity contribution is 7.16. The molecule has 6 nitrogen and oxygen atoms in total. The van der Waals surface area contributed by atoms with Crippen LogP contribution in [0.15, 0.2) is 30.3 Å². The van der Waals surface area contributed by atoms with E-state index in [-0.39, 0.29) is 6.10 Å². The molecule has 3 rings (SSSR count). The average Bonchev–Trinajstić information content (AvgIpc) is 3.08. The van der Waals surface area contributed by atoms with Gasteiger partial charge in [0.15, 0.2) is 16.9 Å². The molecule has 0 saturated carbocycles. The van der Waals surface area contributed by atoms with E-state index in [1.165, 1.54) is 11.3 Å². The summed E-state index contributed by atoms with van der Waals surface area (Å²) in [6.07, 6.45) is 0.744. The maximum absolute atomic E-state index is 6.00. The van der Waals surface area contributed by atoms with Crippen LogP contribution in [0.4, 0.5) is 0 Å². The van der Waals surface area contributed by atoms with E-state index in [2.05, 4.69) is 22.2 Å². The van der Waals surface area contributed by atoms with Crippen LogP contribution in [0.1, 0.15) is 30.3 Å². The van der Waals surface area contributed by atoms with E-state index in [0.29, 0.717) is 12.4 Å². The molecule has 1 aromatic carbocycles. The van der Waals surface area contributed by atoms with Crippen LogP contribution in [0.5, 0.6) is 5.75 Å². The Hall–Kier alpha value is -1.99. The highest BCUT2D eigenvalue weighted by Gasteiger charge is 2.19. The second-order valence-corrected chi connectivity index (χ2v) is 5.50. The molecular weight excluding hydrogens is 288 g/mol. The molecule has 2 aromatic heterocycles. The van der Waals surface area contributed by atoms with Gasteiger partial charge in [-0.15, -0.1) is 10.2 Å². The third-order valence-electron chi connectivity index (χ3n) is 3.01. The van der Waals surface area contributed by atoms with E-state index in [0.717, 1.165) is 22.1 Å². The maximum atomic E-state index is 6.00. The highest BCUT2D eigenvalue weighted by atomic mass is 32.1. The first-order valence-corrected chi connectivity index (χ1v) is 7.55. The molecule has 0 fully saturated rings. The van der Waals surface area contributed by atoms with Gasteiger partial charge in [0.2, 0.25) is 4.96 Å². The van der Waals surface area contributed by atoms with Gasteiger partial charge in [0.1, 0.15) is 12.4 Å². The summed E-state index contributed by atoms with van der Waals surface area (Å²) in [5, 5.41) is 13.6. The molecule has 0 N–H and O–H groups in total. The zero-order chi connectivity index (χ0) is 14.7. The summed E-state index contributed by atoms with van der Waals surface area (Å²) >= 11 is 1.49. The molecular formula is C14H16N4O2S. The Morgan fingerprint density at radius 3 is 2.76 bits per heavy atom. The zero-order valence-corrected chi connectivity index (χ0v) is 12.7. The monoisotopic (exact) mass is 304 g/mol. The van der Waals surface area contributed by atoms with Crippen molar-refractivity contribution in [3.05, 3.63) is 41.2 Å². The minimum absolute atomic E-state index is 0.0884. The molecule has 7 heteroatoms. The van der Waals surface area contributed by atoms with Gasteiger partial charge in [0, 0.05) is 7.11 Å². The number of hydrogen-bond donors (Lipinski definition) is 0. The van der Waals surface area contributed by atoms with Gasteiger partial charge in [-0.1, -0.05) is 36.5 Å². The molecule has 0 aliphatic rings. The minimum Gasteiger partial charge on any atom is -0.483 e.